The van der Waals surface area contributed by atoms with Gasteiger partial charge in [-0.25, -0.2) is 23.5 Å². The third-order valence-electron chi connectivity index (χ3n) is 4.09. The maximum absolute atomic E-state index is 11.4. The van der Waals surface area contributed by atoms with Crippen molar-refractivity contribution in [3.8, 4) is 27.2 Å². The fraction of sp³-hybridized carbons (Fsp3) is 0. The summed E-state index contributed by atoms with van der Waals surface area (Å²) in [4.78, 5) is 9.74. The van der Waals surface area contributed by atoms with Crippen molar-refractivity contribution in [2.75, 3.05) is 11.1 Å². The molecule has 0 fully saturated rings. The summed E-state index contributed by atoms with van der Waals surface area (Å²) in [6.07, 6.45) is 0. The summed E-state index contributed by atoms with van der Waals surface area (Å²) in [7, 11) is -3.74. The number of rotatable bonds is 5. The van der Waals surface area contributed by atoms with Crippen molar-refractivity contribution < 1.29 is 8.42 Å². The fourth-order valence-electron chi connectivity index (χ4n) is 2.62. The molecule has 0 saturated carbocycles. The number of primary sulfonamides is 1. The molecule has 0 aliphatic heterocycles. The number of nitrogens with one attached hydrogen (secondary N) is 1. The number of thiazole rings is 2. The van der Waals surface area contributed by atoms with Crippen LogP contribution in [0.5, 0.6) is 0 Å². The first-order valence-corrected chi connectivity index (χ1v) is 11.7. The average Bonchev–Trinajstić information content (AvgIpc) is 3.34. The van der Waals surface area contributed by atoms with Gasteiger partial charge in [0.05, 0.1) is 27.1 Å². The molecule has 0 spiro atoms. The lowest BCUT2D eigenvalue weighted by Crippen LogP contribution is -2.11. The Bertz CT molecular complexity index is 1350. The highest BCUT2D eigenvalue weighted by atomic mass is 32.2. The Labute approximate surface area is 180 Å². The van der Waals surface area contributed by atoms with E-state index in [1.54, 1.807) is 24.3 Å². The molecule has 0 aliphatic rings. The number of nitrogen functional groups attached to an aromatic ring is 1. The number of aromatic nitrogens is 2. The molecule has 8 nitrogen and oxygen atoms in total. The third kappa shape index (κ3) is 4.17. The minimum absolute atomic E-state index is 0.0326. The molecule has 30 heavy (non-hydrogen) atoms. The Morgan fingerprint density at radius 2 is 1.73 bits per heavy atom. The van der Waals surface area contributed by atoms with E-state index >= 15 is 0 Å². The van der Waals surface area contributed by atoms with E-state index in [0.29, 0.717) is 27.9 Å². The van der Waals surface area contributed by atoms with Crippen molar-refractivity contribution in [2.24, 2.45) is 5.14 Å². The first kappa shape index (κ1) is 20.0. The maximum atomic E-state index is 11.4. The second-order valence-electron chi connectivity index (χ2n) is 6.15. The smallest absolute Gasteiger partial charge is 0.238 e. The predicted octanol–water partition coefficient (Wildman–Crippen LogP) is 3.78. The molecule has 11 heteroatoms. The molecule has 2 heterocycles. The zero-order valence-electron chi connectivity index (χ0n) is 15.2. The van der Waals surface area contributed by atoms with Gasteiger partial charge in [0.1, 0.15) is 10.8 Å². The van der Waals surface area contributed by atoms with Crippen molar-refractivity contribution >= 4 is 49.3 Å². The molecular formula is C19H14N6O2S3. The van der Waals surface area contributed by atoms with Gasteiger partial charge in [-0.2, -0.15) is 5.26 Å². The number of anilines is 3. The minimum Gasteiger partial charge on any atom is -0.382 e. The summed E-state index contributed by atoms with van der Waals surface area (Å²) in [5.41, 5.74) is 8.96. The molecule has 0 bridgehead atoms. The lowest BCUT2D eigenvalue weighted by Gasteiger charge is -2.03. The first-order valence-electron chi connectivity index (χ1n) is 8.46. The van der Waals surface area contributed by atoms with Crippen LogP contribution in [0.1, 0.15) is 5.56 Å². The maximum Gasteiger partial charge on any atom is 0.238 e. The highest BCUT2D eigenvalue weighted by Crippen LogP contribution is 2.38. The Morgan fingerprint density at radius 3 is 2.37 bits per heavy atom. The zero-order valence-corrected chi connectivity index (χ0v) is 17.7. The van der Waals surface area contributed by atoms with Crippen molar-refractivity contribution in [2.45, 2.75) is 4.90 Å². The molecule has 0 radical (unpaired) electrons. The number of sulfonamides is 1. The summed E-state index contributed by atoms with van der Waals surface area (Å²) in [6.45, 7) is 0. The molecule has 5 N–H and O–H groups in total. The monoisotopic (exact) mass is 454 g/mol. The number of nitrogens with zero attached hydrogens (tertiary/aromatic N) is 3. The summed E-state index contributed by atoms with van der Waals surface area (Å²) < 4.78 is 22.7. The van der Waals surface area contributed by atoms with Crippen LogP contribution in [0.3, 0.4) is 0 Å². The van der Waals surface area contributed by atoms with Crippen LogP contribution in [0.2, 0.25) is 0 Å². The van der Waals surface area contributed by atoms with Gasteiger partial charge in [-0.15, -0.1) is 11.3 Å². The highest BCUT2D eigenvalue weighted by molar-refractivity contribution is 7.89. The lowest BCUT2D eigenvalue weighted by molar-refractivity contribution is 0.598. The van der Waals surface area contributed by atoms with Crippen LogP contribution in [0.4, 0.5) is 16.6 Å². The van der Waals surface area contributed by atoms with E-state index in [9.17, 15) is 8.42 Å². The number of nitriles is 1. The molecule has 0 atom stereocenters. The zero-order chi connectivity index (χ0) is 21.3. The number of benzene rings is 2. The van der Waals surface area contributed by atoms with Gasteiger partial charge >= 0.3 is 0 Å². The molecular weight excluding hydrogens is 440 g/mol. The molecule has 0 amide bonds. The number of hydrogen-bond donors (Lipinski definition) is 3. The summed E-state index contributed by atoms with van der Waals surface area (Å²) in [5, 5.41) is 20.4. The normalized spacial score (nSPS) is 11.2. The van der Waals surface area contributed by atoms with Crippen molar-refractivity contribution in [3.05, 3.63) is 59.5 Å². The van der Waals surface area contributed by atoms with Crippen LogP contribution in [0.15, 0.2) is 58.8 Å². The van der Waals surface area contributed by atoms with E-state index in [1.807, 2.05) is 17.5 Å². The molecule has 0 saturated heterocycles. The van der Waals surface area contributed by atoms with E-state index < -0.39 is 10.0 Å². The molecule has 0 unspecified atom stereocenters. The van der Waals surface area contributed by atoms with E-state index in [2.05, 4.69) is 21.4 Å². The molecule has 2 aromatic heterocycles. The molecule has 4 rings (SSSR count). The SMILES string of the molecule is N#Cc1ccc(-c2nc(-c3sc(Nc4ccc(S(N)(=O)=O)cc4)nc3N)cs2)cc1. The van der Waals surface area contributed by atoms with Crippen LogP contribution < -0.4 is 16.2 Å². The fourth-order valence-corrected chi connectivity index (χ4v) is 4.89. The van der Waals surface area contributed by atoms with Gasteiger partial charge in [0.2, 0.25) is 10.0 Å². The van der Waals surface area contributed by atoms with Crippen LogP contribution >= 0.6 is 22.7 Å². The second-order valence-corrected chi connectivity index (χ2v) is 9.57. The number of nitrogens with two attached hydrogens (primary N) is 2. The molecule has 0 aliphatic carbocycles. The van der Waals surface area contributed by atoms with Crippen LogP contribution in [0, 0.1) is 11.3 Å². The van der Waals surface area contributed by atoms with Gasteiger partial charge < -0.3 is 11.1 Å². The van der Waals surface area contributed by atoms with E-state index in [-0.39, 0.29) is 4.90 Å². The Hall–Kier alpha value is -3.30. The van der Waals surface area contributed by atoms with Gasteiger partial charge in [0.15, 0.2) is 5.13 Å². The van der Waals surface area contributed by atoms with Crippen molar-refractivity contribution in [1.82, 2.24) is 9.97 Å². The average molecular weight is 455 g/mol. The first-order chi connectivity index (χ1) is 14.3. The van der Waals surface area contributed by atoms with Gasteiger partial charge in [-0.05, 0) is 36.4 Å². The molecule has 4 aromatic rings. The summed E-state index contributed by atoms with van der Waals surface area (Å²) >= 11 is 2.82. The predicted molar refractivity (Wildman–Crippen MR) is 119 cm³/mol. The highest BCUT2D eigenvalue weighted by Gasteiger charge is 2.15. The minimum atomic E-state index is -3.74. The van der Waals surface area contributed by atoms with Gasteiger partial charge in [-0.1, -0.05) is 23.5 Å². The topological polar surface area (TPSA) is 148 Å². The Morgan fingerprint density at radius 1 is 1.03 bits per heavy atom. The number of hydrogen-bond acceptors (Lipinski definition) is 9. The molecule has 150 valence electrons. The second kappa shape index (κ2) is 7.85. The van der Waals surface area contributed by atoms with Gasteiger partial charge in [0, 0.05) is 16.6 Å². The standard InChI is InChI=1S/C19H14N6O2S3/c20-9-11-1-3-12(4-2-11)18-24-15(10-28-18)16-17(21)25-19(29-16)23-13-5-7-14(8-6-13)30(22,26)27/h1-8,10H,21H2,(H,23,25)(H2,22,26,27). The van der Waals surface area contributed by atoms with Crippen LogP contribution in [0.25, 0.3) is 21.1 Å². The van der Waals surface area contributed by atoms with E-state index in [4.69, 9.17) is 16.1 Å². The van der Waals surface area contributed by atoms with E-state index in [1.165, 1.54) is 34.8 Å². The lowest BCUT2D eigenvalue weighted by atomic mass is 10.1. The van der Waals surface area contributed by atoms with Crippen LogP contribution in [-0.2, 0) is 10.0 Å². The Balaban J connectivity index is 1.56. The van der Waals surface area contributed by atoms with Crippen molar-refractivity contribution in [1.29, 1.82) is 5.26 Å². The summed E-state index contributed by atoms with van der Waals surface area (Å²) in [5.74, 6) is 0.348. The van der Waals surface area contributed by atoms with E-state index in [0.717, 1.165) is 15.4 Å². The quantitative estimate of drug-likeness (QED) is 0.415. The third-order valence-corrected chi connectivity index (χ3v) is 6.91. The van der Waals surface area contributed by atoms with Gasteiger partial charge in [-0.3, -0.25) is 0 Å². The van der Waals surface area contributed by atoms with Crippen molar-refractivity contribution in [3.63, 3.8) is 0 Å². The summed E-state index contributed by atoms with van der Waals surface area (Å²) in [6, 6.07) is 15.3. The Kier molecular flexibility index (Phi) is 5.23. The molecule has 2 aromatic carbocycles. The van der Waals surface area contributed by atoms with Crippen LogP contribution in [-0.4, -0.2) is 18.4 Å². The van der Waals surface area contributed by atoms with Gasteiger partial charge in [0.25, 0.3) is 0 Å². The largest absolute Gasteiger partial charge is 0.382 e.